The highest BCUT2D eigenvalue weighted by Gasteiger charge is 2.45. The first-order chi connectivity index (χ1) is 5.77. The normalized spacial score (nSPS) is 34.5. The summed E-state index contributed by atoms with van der Waals surface area (Å²) in [5.41, 5.74) is 6.11. The maximum atomic E-state index is 10.9. The van der Waals surface area contributed by atoms with Gasteiger partial charge in [-0.3, -0.25) is 4.55 Å². The van der Waals surface area contributed by atoms with Crippen LogP contribution < -0.4 is 5.73 Å². The van der Waals surface area contributed by atoms with Gasteiger partial charge >= 0.3 is 0 Å². The molecule has 0 radical (unpaired) electrons. The Balaban J connectivity index is 3.25. The molecule has 0 aliphatic heterocycles. The van der Waals surface area contributed by atoms with Gasteiger partial charge in [0.15, 0.2) is 0 Å². The van der Waals surface area contributed by atoms with E-state index >= 15 is 0 Å². The fourth-order valence-electron chi connectivity index (χ4n) is 1.09. The minimum absolute atomic E-state index is 0.648. The number of halogens is 1. The summed E-state index contributed by atoms with van der Waals surface area (Å²) in [5, 5.41) is 0. The van der Waals surface area contributed by atoms with Gasteiger partial charge in [-0.05, 0) is 13.0 Å². The van der Waals surface area contributed by atoms with Crippen molar-refractivity contribution in [2.45, 2.75) is 17.2 Å². The summed E-state index contributed by atoms with van der Waals surface area (Å²) in [4.78, 5) is 0. The molecule has 6 heteroatoms. The molecule has 1 rings (SSSR count). The summed E-state index contributed by atoms with van der Waals surface area (Å²) in [7, 11) is -4.39. The van der Waals surface area contributed by atoms with E-state index in [0.29, 0.717) is 5.57 Å². The molecule has 74 valence electrons. The summed E-state index contributed by atoms with van der Waals surface area (Å²) < 4.78 is 28.8. The van der Waals surface area contributed by atoms with Crippen LogP contribution in [-0.2, 0) is 10.1 Å². The second-order valence-corrected chi connectivity index (χ2v) is 5.42. The molecule has 0 aromatic rings. The van der Waals surface area contributed by atoms with Crippen LogP contribution in [0.5, 0.6) is 0 Å². The summed E-state index contributed by atoms with van der Waals surface area (Å²) in [6, 6.07) is -0.937. The molecule has 1 aliphatic carbocycles. The van der Waals surface area contributed by atoms with E-state index < -0.39 is 20.4 Å². The lowest BCUT2D eigenvalue weighted by atomic mass is 10.0. The van der Waals surface area contributed by atoms with Crippen molar-refractivity contribution in [1.29, 1.82) is 0 Å². The summed E-state index contributed by atoms with van der Waals surface area (Å²) >= 11 is 5.71. The highest BCUT2D eigenvalue weighted by molar-refractivity contribution is 7.89. The van der Waals surface area contributed by atoms with Crippen molar-refractivity contribution in [2.24, 2.45) is 5.73 Å². The maximum absolute atomic E-state index is 10.9. The molecule has 0 heterocycles. The Bertz CT molecular complexity index is 373. The van der Waals surface area contributed by atoms with Gasteiger partial charge in [-0.1, -0.05) is 29.3 Å². The molecular formula is C7H10ClNO3S. The lowest BCUT2D eigenvalue weighted by Crippen LogP contribution is -2.48. The Morgan fingerprint density at radius 2 is 2.23 bits per heavy atom. The van der Waals surface area contributed by atoms with Gasteiger partial charge in [0, 0.05) is 0 Å². The van der Waals surface area contributed by atoms with Crippen LogP contribution in [-0.4, -0.2) is 23.2 Å². The Morgan fingerprint density at radius 3 is 2.62 bits per heavy atom. The van der Waals surface area contributed by atoms with Crippen molar-refractivity contribution < 1.29 is 13.0 Å². The third-order valence-corrected chi connectivity index (χ3v) is 3.97. The number of hydrogen-bond acceptors (Lipinski definition) is 3. The number of alkyl halides is 1. The van der Waals surface area contributed by atoms with Crippen LogP contribution in [0.3, 0.4) is 0 Å². The number of allylic oxidation sites excluding steroid dienone is 2. The Hall–Kier alpha value is -0.360. The van der Waals surface area contributed by atoms with Crippen LogP contribution in [0.1, 0.15) is 6.92 Å². The van der Waals surface area contributed by atoms with E-state index in [1.54, 1.807) is 13.0 Å². The Kier molecular flexibility index (Phi) is 2.55. The van der Waals surface area contributed by atoms with Crippen molar-refractivity contribution in [3.8, 4) is 0 Å². The van der Waals surface area contributed by atoms with E-state index in [-0.39, 0.29) is 0 Å². The van der Waals surface area contributed by atoms with Gasteiger partial charge in [0.1, 0.15) is 0 Å². The molecule has 3 N–H and O–H groups in total. The lowest BCUT2D eigenvalue weighted by Gasteiger charge is -2.27. The fourth-order valence-corrected chi connectivity index (χ4v) is 2.09. The van der Waals surface area contributed by atoms with Gasteiger partial charge in [0.2, 0.25) is 4.21 Å². The molecule has 0 saturated carbocycles. The van der Waals surface area contributed by atoms with Gasteiger partial charge < -0.3 is 5.73 Å². The van der Waals surface area contributed by atoms with Gasteiger partial charge in [0.25, 0.3) is 10.1 Å². The molecular weight excluding hydrogens is 214 g/mol. The number of nitrogens with two attached hydrogens (primary N) is 1. The third-order valence-electron chi connectivity index (χ3n) is 1.84. The zero-order valence-electron chi connectivity index (χ0n) is 6.94. The van der Waals surface area contributed by atoms with E-state index in [4.69, 9.17) is 21.9 Å². The monoisotopic (exact) mass is 223 g/mol. The van der Waals surface area contributed by atoms with Crippen molar-refractivity contribution in [3.63, 3.8) is 0 Å². The lowest BCUT2D eigenvalue weighted by molar-refractivity contribution is 0.462. The summed E-state index contributed by atoms with van der Waals surface area (Å²) in [6.07, 6.45) is 4.32. The molecule has 13 heavy (non-hydrogen) atoms. The predicted octanol–water partition coefficient (Wildman–Crippen LogP) is 0.653. The SMILES string of the molecule is CC1=CC(Cl)(S(=O)(=O)O)C(N)C=C1. The molecule has 0 saturated heterocycles. The second kappa shape index (κ2) is 3.09. The van der Waals surface area contributed by atoms with E-state index in [0.717, 1.165) is 0 Å². The standard InChI is InChI=1S/C7H10ClNO3S/c1-5-2-3-6(9)7(8,4-5)13(10,11)12/h2-4,6H,9H2,1H3,(H,10,11,12). The van der Waals surface area contributed by atoms with Crippen LogP contribution in [0.4, 0.5) is 0 Å². The maximum Gasteiger partial charge on any atom is 0.290 e. The van der Waals surface area contributed by atoms with Crippen LogP contribution in [0, 0.1) is 0 Å². The van der Waals surface area contributed by atoms with Gasteiger partial charge in [-0.15, -0.1) is 0 Å². The molecule has 4 nitrogen and oxygen atoms in total. The van der Waals surface area contributed by atoms with Crippen molar-refractivity contribution in [2.75, 3.05) is 0 Å². The van der Waals surface area contributed by atoms with Crippen molar-refractivity contribution >= 4 is 21.7 Å². The molecule has 0 aromatic carbocycles. The molecule has 0 spiro atoms. The largest absolute Gasteiger partial charge is 0.322 e. The summed E-state index contributed by atoms with van der Waals surface area (Å²) in [5.74, 6) is 0. The zero-order valence-corrected chi connectivity index (χ0v) is 8.51. The van der Waals surface area contributed by atoms with Gasteiger partial charge in [-0.25, -0.2) is 0 Å². The first-order valence-corrected chi connectivity index (χ1v) is 5.38. The third kappa shape index (κ3) is 1.78. The highest BCUT2D eigenvalue weighted by Crippen LogP contribution is 2.32. The molecule has 0 bridgehead atoms. The molecule has 0 amide bonds. The zero-order chi connectivity index (χ0) is 10.3. The summed E-state index contributed by atoms with van der Waals surface area (Å²) in [6.45, 7) is 1.67. The molecule has 0 fully saturated rings. The van der Waals surface area contributed by atoms with Crippen LogP contribution in [0.15, 0.2) is 23.8 Å². The fraction of sp³-hybridized carbons (Fsp3) is 0.429. The number of hydrogen-bond donors (Lipinski definition) is 2. The smallest absolute Gasteiger partial charge is 0.290 e. The first-order valence-electron chi connectivity index (χ1n) is 3.56. The average Bonchev–Trinajstić information content (AvgIpc) is 1.95. The first kappa shape index (κ1) is 10.7. The van der Waals surface area contributed by atoms with E-state index in [9.17, 15) is 8.42 Å². The molecule has 1 aliphatic rings. The molecule has 0 aromatic heterocycles. The highest BCUT2D eigenvalue weighted by atomic mass is 35.5. The van der Waals surface area contributed by atoms with E-state index in [2.05, 4.69) is 0 Å². The minimum atomic E-state index is -4.39. The minimum Gasteiger partial charge on any atom is -0.322 e. The van der Waals surface area contributed by atoms with Gasteiger partial charge in [0.05, 0.1) is 6.04 Å². The van der Waals surface area contributed by atoms with Crippen molar-refractivity contribution in [3.05, 3.63) is 23.8 Å². The van der Waals surface area contributed by atoms with E-state index in [1.165, 1.54) is 12.2 Å². The average molecular weight is 224 g/mol. The Labute approximate surface area is 81.8 Å². The quantitative estimate of drug-likeness (QED) is 0.505. The topological polar surface area (TPSA) is 80.4 Å². The second-order valence-electron chi connectivity index (χ2n) is 2.95. The molecule has 2 atom stereocenters. The van der Waals surface area contributed by atoms with Crippen LogP contribution in [0.25, 0.3) is 0 Å². The van der Waals surface area contributed by atoms with Gasteiger partial charge in [-0.2, -0.15) is 8.42 Å². The molecule has 2 unspecified atom stereocenters. The predicted molar refractivity (Wildman–Crippen MR) is 51.0 cm³/mol. The number of rotatable bonds is 1. The van der Waals surface area contributed by atoms with Crippen molar-refractivity contribution in [1.82, 2.24) is 0 Å². The van der Waals surface area contributed by atoms with Crippen LogP contribution in [0.2, 0.25) is 0 Å². The van der Waals surface area contributed by atoms with E-state index in [1.807, 2.05) is 0 Å². The van der Waals surface area contributed by atoms with Crippen LogP contribution >= 0.6 is 11.6 Å². The Morgan fingerprint density at radius 1 is 1.69 bits per heavy atom.